The molecule has 1 aromatic rings. The molecular formula is C13H16N2O5. The van der Waals surface area contributed by atoms with Gasteiger partial charge in [-0.15, -0.1) is 0 Å². The minimum Gasteiger partial charge on any atom is -0.502 e. The number of aromatic hydroxyl groups is 1. The molecule has 0 saturated heterocycles. The lowest BCUT2D eigenvalue weighted by Gasteiger charge is -2.37. The summed E-state index contributed by atoms with van der Waals surface area (Å²) in [6.07, 6.45) is 2.71. The zero-order valence-corrected chi connectivity index (χ0v) is 10.9. The van der Waals surface area contributed by atoms with Crippen LogP contribution in [0.3, 0.4) is 0 Å². The van der Waals surface area contributed by atoms with E-state index in [9.17, 15) is 20.0 Å². The number of para-hydroxylation sites is 1. The Morgan fingerprint density at radius 1 is 1.45 bits per heavy atom. The highest BCUT2D eigenvalue weighted by Gasteiger charge is 2.31. The van der Waals surface area contributed by atoms with Crippen LogP contribution in [0.15, 0.2) is 18.2 Å². The number of hydrogen-bond donors (Lipinski definition) is 2. The van der Waals surface area contributed by atoms with Crippen molar-refractivity contribution in [2.45, 2.75) is 25.3 Å². The van der Waals surface area contributed by atoms with Crippen LogP contribution < -0.4 is 0 Å². The highest BCUT2D eigenvalue weighted by molar-refractivity contribution is 5.98. The van der Waals surface area contributed by atoms with Crippen LogP contribution in [0.1, 0.15) is 29.6 Å². The summed E-state index contributed by atoms with van der Waals surface area (Å²) in [6, 6.07) is 3.90. The van der Waals surface area contributed by atoms with Crippen LogP contribution in [0.4, 0.5) is 5.69 Å². The third-order valence-electron chi connectivity index (χ3n) is 3.56. The SMILES string of the molecule is O=C(c1cccc([N+](=O)[O-])c1O)N(CCO)C1CCC1. The Morgan fingerprint density at radius 2 is 2.15 bits per heavy atom. The lowest BCUT2D eigenvalue weighted by Crippen LogP contribution is -2.45. The number of phenols is 1. The first kappa shape index (κ1) is 14.3. The average molecular weight is 280 g/mol. The molecule has 0 unspecified atom stereocenters. The van der Waals surface area contributed by atoms with Crippen LogP contribution in [0.25, 0.3) is 0 Å². The number of nitro benzene ring substituents is 1. The molecule has 1 fully saturated rings. The highest BCUT2D eigenvalue weighted by atomic mass is 16.6. The Kier molecular flexibility index (Phi) is 4.19. The fourth-order valence-corrected chi connectivity index (χ4v) is 2.26. The average Bonchev–Trinajstić information content (AvgIpc) is 2.35. The van der Waals surface area contributed by atoms with Crippen LogP contribution in [-0.4, -0.2) is 45.1 Å². The van der Waals surface area contributed by atoms with E-state index in [0.29, 0.717) is 0 Å². The summed E-state index contributed by atoms with van der Waals surface area (Å²) in [5.41, 5.74) is -0.590. The highest BCUT2D eigenvalue weighted by Crippen LogP contribution is 2.32. The van der Waals surface area contributed by atoms with E-state index in [1.807, 2.05) is 0 Å². The lowest BCUT2D eigenvalue weighted by atomic mass is 9.91. The Balaban J connectivity index is 2.31. The molecule has 20 heavy (non-hydrogen) atoms. The first-order valence-electron chi connectivity index (χ1n) is 6.44. The minimum atomic E-state index is -0.730. The van der Waals surface area contributed by atoms with Crippen LogP contribution in [0.2, 0.25) is 0 Å². The summed E-state index contributed by atoms with van der Waals surface area (Å²) in [5, 5.41) is 29.7. The standard InChI is InChI=1S/C13H16N2O5/c16-8-7-14(9-3-1-4-9)13(18)10-5-2-6-11(12(10)17)15(19)20/h2,5-6,9,16-17H,1,3-4,7-8H2. The molecule has 7 heteroatoms. The van der Waals surface area contributed by atoms with Crippen LogP contribution >= 0.6 is 0 Å². The maximum Gasteiger partial charge on any atom is 0.311 e. The number of aliphatic hydroxyl groups is 1. The molecule has 7 nitrogen and oxygen atoms in total. The quantitative estimate of drug-likeness (QED) is 0.624. The van der Waals surface area contributed by atoms with E-state index in [1.165, 1.54) is 17.0 Å². The number of nitrogens with zero attached hydrogens (tertiary/aromatic N) is 2. The Labute approximate surface area is 115 Å². The summed E-state index contributed by atoms with van der Waals surface area (Å²) in [5.74, 6) is -1.10. The minimum absolute atomic E-state index is 0.0355. The summed E-state index contributed by atoms with van der Waals surface area (Å²) in [7, 11) is 0. The van der Waals surface area contributed by atoms with Gasteiger partial charge in [-0.2, -0.15) is 0 Å². The van der Waals surface area contributed by atoms with Crippen molar-refractivity contribution >= 4 is 11.6 Å². The number of benzene rings is 1. The fourth-order valence-electron chi connectivity index (χ4n) is 2.26. The number of phenolic OH excluding ortho intramolecular Hbond substituents is 1. The number of aliphatic hydroxyl groups excluding tert-OH is 1. The molecule has 0 aromatic heterocycles. The molecule has 0 spiro atoms. The zero-order chi connectivity index (χ0) is 14.7. The third kappa shape index (κ3) is 2.57. The molecule has 0 atom stereocenters. The van der Waals surface area contributed by atoms with Crippen molar-refractivity contribution in [3.63, 3.8) is 0 Å². The molecule has 1 aromatic carbocycles. The van der Waals surface area contributed by atoms with E-state index in [4.69, 9.17) is 5.11 Å². The van der Waals surface area contributed by atoms with Gasteiger partial charge >= 0.3 is 5.69 Å². The Hall–Kier alpha value is -2.15. The largest absolute Gasteiger partial charge is 0.502 e. The van der Waals surface area contributed by atoms with Crippen molar-refractivity contribution in [2.75, 3.05) is 13.2 Å². The predicted octanol–water partition coefficient (Wildman–Crippen LogP) is 1.29. The normalized spacial score (nSPS) is 14.7. The molecule has 108 valence electrons. The maximum absolute atomic E-state index is 12.4. The van der Waals surface area contributed by atoms with Crippen molar-refractivity contribution < 1.29 is 19.9 Å². The third-order valence-corrected chi connectivity index (χ3v) is 3.56. The van der Waals surface area contributed by atoms with Gasteiger partial charge in [0, 0.05) is 18.7 Å². The maximum atomic E-state index is 12.4. The number of carbonyl (C=O) groups is 1. The zero-order valence-electron chi connectivity index (χ0n) is 10.9. The first-order chi connectivity index (χ1) is 9.56. The number of carbonyl (C=O) groups excluding carboxylic acids is 1. The van der Waals surface area contributed by atoms with Crippen molar-refractivity contribution in [1.82, 2.24) is 4.90 Å². The molecule has 0 radical (unpaired) electrons. The molecule has 1 aliphatic rings. The molecule has 1 saturated carbocycles. The van der Waals surface area contributed by atoms with Gasteiger partial charge in [-0.05, 0) is 25.3 Å². The molecule has 0 bridgehead atoms. The number of amides is 1. The topological polar surface area (TPSA) is 104 Å². The van der Waals surface area contributed by atoms with Gasteiger partial charge in [0.1, 0.15) is 0 Å². The predicted molar refractivity (Wildman–Crippen MR) is 70.5 cm³/mol. The molecule has 2 N–H and O–H groups in total. The smallest absolute Gasteiger partial charge is 0.311 e. The first-order valence-corrected chi connectivity index (χ1v) is 6.44. The number of nitro groups is 1. The Morgan fingerprint density at radius 3 is 2.65 bits per heavy atom. The molecule has 2 rings (SSSR count). The van der Waals surface area contributed by atoms with Gasteiger partial charge in [-0.25, -0.2) is 0 Å². The monoisotopic (exact) mass is 280 g/mol. The molecule has 1 aliphatic carbocycles. The lowest BCUT2D eigenvalue weighted by molar-refractivity contribution is -0.385. The van der Waals surface area contributed by atoms with Gasteiger partial charge in [0.15, 0.2) is 0 Å². The van der Waals surface area contributed by atoms with E-state index in [2.05, 4.69) is 0 Å². The van der Waals surface area contributed by atoms with E-state index < -0.39 is 22.3 Å². The van der Waals surface area contributed by atoms with Crippen molar-refractivity contribution in [2.24, 2.45) is 0 Å². The number of hydrogen-bond acceptors (Lipinski definition) is 5. The van der Waals surface area contributed by atoms with Gasteiger partial charge in [0.2, 0.25) is 5.75 Å². The van der Waals surface area contributed by atoms with Crippen LogP contribution in [0.5, 0.6) is 5.75 Å². The van der Waals surface area contributed by atoms with E-state index >= 15 is 0 Å². The van der Waals surface area contributed by atoms with Crippen molar-refractivity contribution in [3.8, 4) is 5.75 Å². The molecular weight excluding hydrogens is 264 g/mol. The van der Waals surface area contributed by atoms with Gasteiger partial charge < -0.3 is 15.1 Å². The summed E-state index contributed by atoms with van der Waals surface area (Å²) >= 11 is 0. The van der Waals surface area contributed by atoms with E-state index in [0.717, 1.165) is 25.3 Å². The van der Waals surface area contributed by atoms with E-state index in [-0.39, 0.29) is 24.8 Å². The summed E-state index contributed by atoms with van der Waals surface area (Å²) in [4.78, 5) is 23.9. The fraction of sp³-hybridized carbons (Fsp3) is 0.462. The van der Waals surface area contributed by atoms with Crippen molar-refractivity contribution in [3.05, 3.63) is 33.9 Å². The van der Waals surface area contributed by atoms with Crippen LogP contribution in [0, 0.1) is 10.1 Å². The van der Waals surface area contributed by atoms with Gasteiger partial charge in [0.05, 0.1) is 17.1 Å². The summed E-state index contributed by atoms with van der Waals surface area (Å²) in [6.45, 7) is -0.0242. The number of rotatable bonds is 5. The second kappa shape index (κ2) is 5.87. The van der Waals surface area contributed by atoms with Crippen LogP contribution in [-0.2, 0) is 0 Å². The van der Waals surface area contributed by atoms with Crippen molar-refractivity contribution in [1.29, 1.82) is 0 Å². The second-order valence-corrected chi connectivity index (χ2v) is 4.74. The second-order valence-electron chi connectivity index (χ2n) is 4.74. The molecule has 0 aliphatic heterocycles. The van der Waals surface area contributed by atoms with E-state index in [1.54, 1.807) is 0 Å². The summed E-state index contributed by atoms with van der Waals surface area (Å²) < 4.78 is 0. The van der Waals surface area contributed by atoms with Gasteiger partial charge in [-0.3, -0.25) is 14.9 Å². The van der Waals surface area contributed by atoms with Gasteiger partial charge in [-0.1, -0.05) is 6.07 Å². The molecule has 1 amide bonds. The van der Waals surface area contributed by atoms with Gasteiger partial charge in [0.25, 0.3) is 5.91 Å². The Bertz CT molecular complexity index is 527. The molecule has 0 heterocycles.